The number of halogens is 1. The van der Waals surface area contributed by atoms with Crippen molar-refractivity contribution >= 4 is 17.6 Å². The summed E-state index contributed by atoms with van der Waals surface area (Å²) in [5.41, 5.74) is 3.04. The maximum absolute atomic E-state index is 11.5. The van der Waals surface area contributed by atoms with Crippen LogP contribution in [-0.4, -0.2) is 23.3 Å². The van der Waals surface area contributed by atoms with Crippen LogP contribution in [0, 0.1) is 6.92 Å². The highest BCUT2D eigenvalue weighted by molar-refractivity contribution is 6.33. The van der Waals surface area contributed by atoms with E-state index in [1.165, 1.54) is 13.3 Å². The van der Waals surface area contributed by atoms with Gasteiger partial charge in [0.1, 0.15) is 0 Å². The Labute approximate surface area is 104 Å². The molecule has 4 nitrogen and oxygen atoms in total. The first kappa shape index (κ1) is 11.7. The second kappa shape index (κ2) is 4.59. The predicted octanol–water partition coefficient (Wildman–Crippen LogP) is 2.83. The second-order valence-electron chi connectivity index (χ2n) is 3.61. The molecule has 0 aliphatic carbocycles. The Morgan fingerprint density at radius 3 is 2.82 bits per heavy atom. The lowest BCUT2D eigenvalue weighted by molar-refractivity contribution is 0.0601. The van der Waals surface area contributed by atoms with Gasteiger partial charge in [-0.1, -0.05) is 17.7 Å². The molecular weight excluding hydrogens is 240 g/mol. The van der Waals surface area contributed by atoms with Crippen molar-refractivity contribution in [3.05, 3.63) is 40.5 Å². The van der Waals surface area contributed by atoms with E-state index in [-0.39, 0.29) is 5.97 Å². The number of aryl methyl sites for hydroxylation is 1. The van der Waals surface area contributed by atoms with Crippen molar-refractivity contribution in [1.82, 2.24) is 10.2 Å². The SMILES string of the molecule is COC(=O)c1ccc(C)c(-c2[nH]ncc2Cl)c1. The van der Waals surface area contributed by atoms with Crippen LogP contribution in [0.1, 0.15) is 15.9 Å². The summed E-state index contributed by atoms with van der Waals surface area (Å²) in [5.74, 6) is -0.373. The molecule has 88 valence electrons. The molecule has 0 atom stereocenters. The van der Waals surface area contributed by atoms with Crippen LogP contribution < -0.4 is 0 Å². The third-order valence-electron chi connectivity index (χ3n) is 2.52. The Kier molecular flexibility index (Phi) is 3.15. The van der Waals surface area contributed by atoms with Crippen molar-refractivity contribution in [2.75, 3.05) is 7.11 Å². The van der Waals surface area contributed by atoms with Crippen LogP contribution in [0.25, 0.3) is 11.3 Å². The van der Waals surface area contributed by atoms with Gasteiger partial charge in [-0.15, -0.1) is 0 Å². The van der Waals surface area contributed by atoms with Gasteiger partial charge in [-0.25, -0.2) is 4.79 Å². The Morgan fingerprint density at radius 1 is 1.47 bits per heavy atom. The molecule has 1 heterocycles. The zero-order chi connectivity index (χ0) is 12.4. The van der Waals surface area contributed by atoms with Crippen LogP contribution in [0.15, 0.2) is 24.4 Å². The summed E-state index contributed by atoms with van der Waals surface area (Å²) in [7, 11) is 1.35. The third-order valence-corrected chi connectivity index (χ3v) is 2.81. The summed E-state index contributed by atoms with van der Waals surface area (Å²) in [4.78, 5) is 11.5. The van der Waals surface area contributed by atoms with Gasteiger partial charge >= 0.3 is 5.97 Å². The minimum atomic E-state index is -0.373. The molecule has 1 N–H and O–H groups in total. The van der Waals surface area contributed by atoms with Crippen LogP contribution in [0.3, 0.4) is 0 Å². The molecule has 0 fully saturated rings. The molecule has 1 aromatic carbocycles. The number of H-pyrrole nitrogens is 1. The summed E-state index contributed by atoms with van der Waals surface area (Å²) in [6.45, 7) is 1.94. The number of esters is 1. The number of methoxy groups -OCH3 is 1. The first-order chi connectivity index (χ1) is 8.13. The fourth-order valence-corrected chi connectivity index (χ4v) is 1.79. The summed E-state index contributed by atoms with van der Waals surface area (Å²) >= 11 is 6.00. The summed E-state index contributed by atoms with van der Waals surface area (Å²) in [6, 6.07) is 5.30. The number of ether oxygens (including phenoxy) is 1. The molecule has 0 amide bonds. The molecule has 0 aliphatic rings. The number of nitrogens with one attached hydrogen (secondary N) is 1. The highest BCUT2D eigenvalue weighted by atomic mass is 35.5. The first-order valence-electron chi connectivity index (χ1n) is 5.01. The molecule has 0 unspecified atom stereocenters. The van der Waals surface area contributed by atoms with Gasteiger partial charge in [-0.05, 0) is 24.6 Å². The Balaban J connectivity index is 2.54. The van der Waals surface area contributed by atoms with Gasteiger partial charge in [0.25, 0.3) is 0 Å². The lowest BCUT2D eigenvalue weighted by Crippen LogP contribution is -2.01. The van der Waals surface area contributed by atoms with E-state index in [9.17, 15) is 4.79 Å². The lowest BCUT2D eigenvalue weighted by Gasteiger charge is -2.06. The normalized spacial score (nSPS) is 10.3. The van der Waals surface area contributed by atoms with Gasteiger partial charge in [0.15, 0.2) is 0 Å². The van der Waals surface area contributed by atoms with Crippen LogP contribution in [0.2, 0.25) is 5.02 Å². The number of aromatic nitrogens is 2. The number of carbonyl (C=O) groups excluding carboxylic acids is 1. The zero-order valence-corrected chi connectivity index (χ0v) is 10.2. The van der Waals surface area contributed by atoms with Gasteiger partial charge in [-0.3, -0.25) is 5.10 Å². The number of rotatable bonds is 2. The molecule has 0 bridgehead atoms. The molecule has 5 heteroatoms. The molecule has 0 aliphatic heterocycles. The Hall–Kier alpha value is -1.81. The number of hydrogen-bond acceptors (Lipinski definition) is 3. The first-order valence-corrected chi connectivity index (χ1v) is 5.39. The largest absolute Gasteiger partial charge is 0.465 e. The van der Waals surface area contributed by atoms with E-state index in [4.69, 9.17) is 11.6 Å². The van der Waals surface area contributed by atoms with Crippen molar-refractivity contribution in [3.63, 3.8) is 0 Å². The minimum absolute atomic E-state index is 0.373. The van der Waals surface area contributed by atoms with Crippen LogP contribution in [0.4, 0.5) is 0 Å². The number of nitrogens with zero attached hydrogens (tertiary/aromatic N) is 1. The summed E-state index contributed by atoms with van der Waals surface area (Å²) < 4.78 is 4.68. The van der Waals surface area contributed by atoms with E-state index in [0.717, 1.165) is 11.1 Å². The maximum Gasteiger partial charge on any atom is 0.337 e. The fourth-order valence-electron chi connectivity index (χ4n) is 1.60. The molecule has 1 aromatic heterocycles. The predicted molar refractivity (Wildman–Crippen MR) is 65.1 cm³/mol. The van der Waals surface area contributed by atoms with Crippen LogP contribution in [-0.2, 0) is 4.74 Å². The number of benzene rings is 1. The van der Waals surface area contributed by atoms with E-state index in [1.54, 1.807) is 12.1 Å². The van der Waals surface area contributed by atoms with E-state index < -0.39 is 0 Å². The molecule has 2 aromatic rings. The zero-order valence-electron chi connectivity index (χ0n) is 9.45. The van der Waals surface area contributed by atoms with Crippen molar-refractivity contribution in [2.24, 2.45) is 0 Å². The fraction of sp³-hybridized carbons (Fsp3) is 0.167. The van der Waals surface area contributed by atoms with E-state index >= 15 is 0 Å². The average Bonchev–Trinajstić information content (AvgIpc) is 2.75. The van der Waals surface area contributed by atoms with Crippen molar-refractivity contribution in [1.29, 1.82) is 0 Å². The second-order valence-corrected chi connectivity index (χ2v) is 4.02. The van der Waals surface area contributed by atoms with Crippen LogP contribution in [0.5, 0.6) is 0 Å². The smallest absolute Gasteiger partial charge is 0.337 e. The number of hydrogen-bond donors (Lipinski definition) is 1. The van der Waals surface area contributed by atoms with Crippen molar-refractivity contribution < 1.29 is 9.53 Å². The maximum atomic E-state index is 11.5. The summed E-state index contributed by atoms with van der Waals surface area (Å²) in [5, 5.41) is 7.20. The highest BCUT2D eigenvalue weighted by Gasteiger charge is 2.12. The average molecular weight is 251 g/mol. The Bertz CT molecular complexity index is 563. The highest BCUT2D eigenvalue weighted by Crippen LogP contribution is 2.28. The van der Waals surface area contributed by atoms with E-state index in [2.05, 4.69) is 14.9 Å². The molecule has 0 saturated heterocycles. The van der Waals surface area contributed by atoms with E-state index in [0.29, 0.717) is 16.3 Å². The van der Waals surface area contributed by atoms with Crippen LogP contribution >= 0.6 is 11.6 Å². The van der Waals surface area contributed by atoms with Gasteiger partial charge in [0, 0.05) is 5.56 Å². The topological polar surface area (TPSA) is 55.0 Å². The number of carbonyl (C=O) groups is 1. The quantitative estimate of drug-likeness (QED) is 0.834. The standard InChI is InChI=1S/C12H11ClN2O2/c1-7-3-4-8(12(16)17-2)5-9(7)11-10(13)6-14-15-11/h3-6H,1-2H3,(H,14,15). The monoisotopic (exact) mass is 250 g/mol. The van der Waals surface area contributed by atoms with Crippen molar-refractivity contribution in [3.8, 4) is 11.3 Å². The van der Waals surface area contributed by atoms with Gasteiger partial charge in [-0.2, -0.15) is 5.10 Å². The molecule has 2 rings (SSSR count). The molecule has 17 heavy (non-hydrogen) atoms. The van der Waals surface area contributed by atoms with E-state index in [1.807, 2.05) is 13.0 Å². The molecule has 0 saturated carbocycles. The molecular formula is C12H11ClN2O2. The minimum Gasteiger partial charge on any atom is -0.465 e. The van der Waals surface area contributed by atoms with Gasteiger partial charge in [0.2, 0.25) is 0 Å². The van der Waals surface area contributed by atoms with Crippen molar-refractivity contribution in [2.45, 2.75) is 6.92 Å². The Morgan fingerprint density at radius 2 is 2.24 bits per heavy atom. The van der Waals surface area contributed by atoms with Gasteiger partial charge in [0.05, 0.1) is 29.6 Å². The molecule has 0 radical (unpaired) electrons. The van der Waals surface area contributed by atoms with Gasteiger partial charge < -0.3 is 4.74 Å². The third kappa shape index (κ3) is 2.17. The summed E-state index contributed by atoms with van der Waals surface area (Å²) in [6.07, 6.45) is 1.53. The number of aromatic amines is 1. The molecule has 0 spiro atoms. The lowest BCUT2D eigenvalue weighted by atomic mass is 10.0.